The second-order valence-electron chi connectivity index (χ2n) is 4.09. The molecule has 0 aliphatic rings. The van der Waals surface area contributed by atoms with Gasteiger partial charge in [-0.05, 0) is 19.3 Å². The first kappa shape index (κ1) is 17.6. The van der Waals surface area contributed by atoms with Gasteiger partial charge < -0.3 is 0 Å². The van der Waals surface area contributed by atoms with Crippen LogP contribution in [0.4, 0.5) is 0 Å². The smallest absolute Gasteiger partial charge is 0.269 e. The van der Waals surface area contributed by atoms with Gasteiger partial charge in [-0.2, -0.15) is 16.8 Å². The molecule has 0 aromatic rings. The Bertz CT molecular complexity index is 449. The second-order valence-corrected chi connectivity index (χ2v) is 7.28. The van der Waals surface area contributed by atoms with Gasteiger partial charge in [-0.3, -0.25) is 9.11 Å². The third-order valence-corrected chi connectivity index (χ3v) is 4.59. The monoisotopic (exact) mass is 300 g/mol. The molecule has 0 aliphatic heterocycles. The van der Waals surface area contributed by atoms with E-state index >= 15 is 0 Å². The zero-order valence-corrected chi connectivity index (χ0v) is 12.0. The predicted octanol–water partition coefficient (Wildman–Crippen LogP) is 1.66. The van der Waals surface area contributed by atoms with Crippen LogP contribution in [0, 0.1) is 0 Å². The van der Waals surface area contributed by atoms with Crippen LogP contribution in [-0.4, -0.2) is 36.9 Å². The van der Waals surface area contributed by atoms with Crippen LogP contribution in [0.2, 0.25) is 0 Å². The lowest BCUT2D eigenvalue weighted by Gasteiger charge is -2.09. The van der Waals surface area contributed by atoms with Crippen molar-refractivity contribution in [1.82, 2.24) is 0 Å². The molecule has 0 amide bonds. The number of rotatable bonds is 9. The number of hydrogen-bond donors (Lipinski definition) is 2. The molecule has 0 bridgehead atoms. The summed E-state index contributed by atoms with van der Waals surface area (Å²) in [5.74, 6) is -0.995. The molecule has 0 rings (SSSR count). The van der Waals surface area contributed by atoms with Crippen molar-refractivity contribution in [1.29, 1.82) is 0 Å². The molecular weight excluding hydrogens is 280 g/mol. The fourth-order valence-corrected chi connectivity index (χ4v) is 3.55. The molecule has 1 unspecified atom stereocenters. The van der Waals surface area contributed by atoms with Crippen molar-refractivity contribution in [3.63, 3.8) is 0 Å². The summed E-state index contributed by atoms with van der Waals surface area (Å²) in [5.41, 5.74) is 0. The zero-order valence-electron chi connectivity index (χ0n) is 10.3. The first-order chi connectivity index (χ1) is 8.17. The Balaban J connectivity index is 4.37. The molecule has 0 radical (unpaired) electrons. The van der Waals surface area contributed by atoms with Gasteiger partial charge in [0.15, 0.2) is 0 Å². The van der Waals surface area contributed by atoms with Crippen LogP contribution < -0.4 is 0 Å². The van der Waals surface area contributed by atoms with E-state index in [9.17, 15) is 16.8 Å². The molecule has 18 heavy (non-hydrogen) atoms. The minimum atomic E-state index is -4.49. The van der Waals surface area contributed by atoms with Gasteiger partial charge in [-0.1, -0.05) is 31.9 Å². The first-order valence-corrected chi connectivity index (χ1v) is 8.84. The van der Waals surface area contributed by atoms with E-state index in [1.807, 2.05) is 0 Å². The Morgan fingerprint density at radius 2 is 1.67 bits per heavy atom. The molecule has 1 atom stereocenters. The highest BCUT2D eigenvalue weighted by atomic mass is 32.2. The van der Waals surface area contributed by atoms with Gasteiger partial charge in [0.25, 0.3) is 20.2 Å². The van der Waals surface area contributed by atoms with Gasteiger partial charge in [0.2, 0.25) is 0 Å². The Morgan fingerprint density at radius 3 is 2.11 bits per heavy atom. The molecule has 0 saturated carbocycles. The van der Waals surface area contributed by atoms with Crippen LogP contribution in [0.25, 0.3) is 0 Å². The topological polar surface area (TPSA) is 109 Å². The molecule has 0 aromatic heterocycles. The van der Waals surface area contributed by atoms with E-state index in [4.69, 9.17) is 9.11 Å². The molecule has 0 heterocycles. The predicted molar refractivity (Wildman–Crippen MR) is 69.7 cm³/mol. The minimum Gasteiger partial charge on any atom is -0.286 e. The average Bonchev–Trinajstić information content (AvgIpc) is 2.18. The van der Waals surface area contributed by atoms with Gasteiger partial charge in [-0.25, -0.2) is 0 Å². The summed E-state index contributed by atoms with van der Waals surface area (Å²) in [6.45, 7) is 2.06. The van der Waals surface area contributed by atoms with Crippen molar-refractivity contribution in [2.24, 2.45) is 0 Å². The van der Waals surface area contributed by atoms with Gasteiger partial charge >= 0.3 is 0 Å². The van der Waals surface area contributed by atoms with Gasteiger partial charge in [0.1, 0.15) is 5.25 Å². The number of hydrogen-bond acceptors (Lipinski definition) is 4. The van der Waals surface area contributed by atoms with Gasteiger partial charge in [0, 0.05) is 0 Å². The lowest BCUT2D eigenvalue weighted by atomic mass is 10.2. The molecule has 0 aromatic carbocycles. The Morgan fingerprint density at radius 1 is 1.06 bits per heavy atom. The Kier molecular flexibility index (Phi) is 7.69. The summed E-state index contributed by atoms with van der Waals surface area (Å²) in [4.78, 5) is 0. The summed E-state index contributed by atoms with van der Waals surface area (Å²) in [5, 5.41) is -1.52. The quantitative estimate of drug-likeness (QED) is 0.381. The summed E-state index contributed by atoms with van der Waals surface area (Å²) in [6, 6.07) is 0. The van der Waals surface area contributed by atoms with Crippen molar-refractivity contribution >= 4 is 20.2 Å². The standard InChI is InChI=1S/C10H20O6S2/c1-2-3-4-5-6-7-8-10(18(14,15)16)9-17(11,12)13/h6-7,10H,2-5,8-9H2,1H3,(H,11,12,13)(H,14,15,16). The fraction of sp³-hybridized carbons (Fsp3) is 0.800. The molecule has 2 N–H and O–H groups in total. The largest absolute Gasteiger partial charge is 0.286 e. The van der Waals surface area contributed by atoms with E-state index in [0.29, 0.717) is 0 Å². The maximum absolute atomic E-state index is 10.9. The Hall–Kier alpha value is -0.440. The van der Waals surface area contributed by atoms with Crippen molar-refractivity contribution < 1.29 is 25.9 Å². The number of unbranched alkanes of at least 4 members (excludes halogenated alkanes) is 3. The van der Waals surface area contributed by atoms with Gasteiger partial charge in [-0.15, -0.1) is 0 Å². The Labute approximate surface area is 109 Å². The summed E-state index contributed by atoms with van der Waals surface area (Å²) < 4.78 is 60.5. The highest BCUT2D eigenvalue weighted by molar-refractivity contribution is 7.90. The van der Waals surface area contributed by atoms with E-state index in [1.165, 1.54) is 6.08 Å². The van der Waals surface area contributed by atoms with E-state index in [0.717, 1.165) is 25.7 Å². The maximum atomic E-state index is 10.9. The van der Waals surface area contributed by atoms with Crippen molar-refractivity contribution in [2.75, 3.05) is 5.75 Å². The van der Waals surface area contributed by atoms with Gasteiger partial charge in [0.05, 0.1) is 5.75 Å². The average molecular weight is 300 g/mol. The summed E-state index contributed by atoms with van der Waals surface area (Å²) in [6.07, 6.45) is 7.02. The maximum Gasteiger partial charge on any atom is 0.269 e. The van der Waals surface area contributed by atoms with Crippen LogP contribution in [0.3, 0.4) is 0 Å². The van der Waals surface area contributed by atoms with Crippen LogP contribution in [0.15, 0.2) is 12.2 Å². The molecular formula is C10H20O6S2. The van der Waals surface area contributed by atoms with Crippen molar-refractivity contribution in [3.8, 4) is 0 Å². The van der Waals surface area contributed by atoms with Crippen LogP contribution in [0.1, 0.15) is 39.0 Å². The van der Waals surface area contributed by atoms with Crippen molar-refractivity contribution in [2.45, 2.75) is 44.3 Å². The number of allylic oxidation sites excluding steroid dienone is 2. The molecule has 0 fully saturated rings. The fourth-order valence-electron chi connectivity index (χ4n) is 1.39. The zero-order chi connectivity index (χ0) is 14.2. The first-order valence-electron chi connectivity index (χ1n) is 5.73. The SMILES string of the molecule is CCCCCC=CCC(CS(=O)(=O)O)S(=O)(=O)O. The molecule has 0 saturated heterocycles. The summed E-state index contributed by atoms with van der Waals surface area (Å²) in [7, 11) is -8.92. The summed E-state index contributed by atoms with van der Waals surface area (Å²) >= 11 is 0. The minimum absolute atomic E-state index is 0.134. The normalized spacial score (nSPS) is 15.1. The molecule has 8 heteroatoms. The third kappa shape index (κ3) is 9.58. The lowest BCUT2D eigenvalue weighted by Crippen LogP contribution is -2.28. The van der Waals surface area contributed by atoms with Crippen LogP contribution >= 0.6 is 0 Å². The highest BCUT2D eigenvalue weighted by Gasteiger charge is 2.27. The van der Waals surface area contributed by atoms with Crippen molar-refractivity contribution in [3.05, 3.63) is 12.2 Å². The highest BCUT2D eigenvalue weighted by Crippen LogP contribution is 2.09. The lowest BCUT2D eigenvalue weighted by molar-refractivity contribution is 0.457. The van der Waals surface area contributed by atoms with E-state index < -0.39 is 31.2 Å². The van der Waals surface area contributed by atoms with Crippen LogP contribution in [-0.2, 0) is 20.2 Å². The van der Waals surface area contributed by atoms with E-state index in [2.05, 4.69) is 6.92 Å². The molecule has 0 aliphatic carbocycles. The van der Waals surface area contributed by atoms with Crippen LogP contribution in [0.5, 0.6) is 0 Å². The molecule has 0 spiro atoms. The van der Waals surface area contributed by atoms with E-state index in [-0.39, 0.29) is 6.42 Å². The van der Waals surface area contributed by atoms with E-state index in [1.54, 1.807) is 6.08 Å². The molecule has 108 valence electrons. The second kappa shape index (κ2) is 7.88. The third-order valence-electron chi connectivity index (χ3n) is 2.36. The molecule has 6 nitrogen and oxygen atoms in total.